The molecule has 1 amide bonds. The molecule has 7 nitrogen and oxygen atoms in total. The predicted molar refractivity (Wildman–Crippen MR) is 114 cm³/mol. The number of amides is 1. The zero-order chi connectivity index (χ0) is 20.3. The van der Waals surface area contributed by atoms with Crippen LogP contribution in [0, 0.1) is 5.92 Å². The van der Waals surface area contributed by atoms with Gasteiger partial charge in [-0.1, -0.05) is 49.1 Å². The van der Waals surface area contributed by atoms with Crippen LogP contribution in [0.4, 0.5) is 5.13 Å². The first kappa shape index (κ1) is 19.8. The molecular weight excluding hydrogens is 408 g/mol. The Bertz CT molecular complexity index is 967. The highest BCUT2D eigenvalue weighted by Crippen LogP contribution is 2.38. The number of aromatic nitrogens is 1. The number of halogens is 1. The van der Waals surface area contributed by atoms with Crippen LogP contribution in [0.5, 0.6) is 0 Å². The molecule has 1 aliphatic carbocycles. The molecule has 1 aromatic carbocycles. The number of hydrogen-bond acceptors (Lipinski definition) is 7. The molecule has 2 heterocycles. The highest BCUT2D eigenvalue weighted by atomic mass is 35.5. The molecule has 1 fully saturated rings. The number of carbonyl (C=O) groups excluding carboxylic acids is 1. The summed E-state index contributed by atoms with van der Waals surface area (Å²) in [6, 6.07) is 5.51. The smallest absolute Gasteiger partial charge is 0.257 e. The minimum atomic E-state index is -0.925. The molecule has 0 bridgehead atoms. The van der Waals surface area contributed by atoms with Gasteiger partial charge in [-0.2, -0.15) is 0 Å². The molecule has 9 heteroatoms. The molecule has 1 aliphatic heterocycles. The molecule has 0 radical (unpaired) electrons. The maximum Gasteiger partial charge on any atom is 0.257 e. The average Bonchev–Trinajstić information content (AvgIpc) is 3.39. The Morgan fingerprint density at radius 1 is 1.24 bits per heavy atom. The quantitative estimate of drug-likeness (QED) is 0.557. The zero-order valence-corrected chi connectivity index (χ0v) is 17.6. The second kappa shape index (κ2) is 8.51. The lowest BCUT2D eigenvalue weighted by atomic mass is 9.86. The summed E-state index contributed by atoms with van der Waals surface area (Å²) in [4.78, 5) is 17.2. The van der Waals surface area contributed by atoms with Crippen molar-refractivity contribution in [1.82, 2.24) is 4.98 Å². The minimum Gasteiger partial charge on any atom is -0.298 e. The molecule has 0 atom stereocenters. The third kappa shape index (κ3) is 4.43. The van der Waals surface area contributed by atoms with Gasteiger partial charge >= 0.3 is 0 Å². The van der Waals surface area contributed by atoms with Crippen molar-refractivity contribution < 1.29 is 4.79 Å². The molecule has 29 heavy (non-hydrogen) atoms. The van der Waals surface area contributed by atoms with Gasteiger partial charge in [-0.15, -0.1) is 21.6 Å². The van der Waals surface area contributed by atoms with Crippen molar-refractivity contribution in [3.63, 3.8) is 0 Å². The number of rotatable bonds is 5. The van der Waals surface area contributed by atoms with Gasteiger partial charge in [0.1, 0.15) is 0 Å². The van der Waals surface area contributed by atoms with Crippen LogP contribution in [0.3, 0.4) is 0 Å². The van der Waals surface area contributed by atoms with Gasteiger partial charge in [-0.3, -0.25) is 10.1 Å². The van der Waals surface area contributed by atoms with Gasteiger partial charge in [0.25, 0.3) is 5.91 Å². The van der Waals surface area contributed by atoms with E-state index in [-0.39, 0.29) is 5.91 Å². The molecule has 1 N–H and O–H groups in total. The van der Waals surface area contributed by atoms with E-state index in [0.717, 1.165) is 18.4 Å². The van der Waals surface area contributed by atoms with Gasteiger partial charge in [-0.25, -0.2) is 4.98 Å². The largest absolute Gasteiger partial charge is 0.298 e. The Morgan fingerprint density at radius 3 is 2.66 bits per heavy atom. The Hall–Kier alpha value is -2.45. The zero-order valence-electron chi connectivity index (χ0n) is 16.0. The summed E-state index contributed by atoms with van der Waals surface area (Å²) in [5, 5.41) is 21.1. The summed E-state index contributed by atoms with van der Waals surface area (Å²) >= 11 is 7.95. The van der Waals surface area contributed by atoms with E-state index in [0.29, 0.717) is 27.2 Å². The van der Waals surface area contributed by atoms with Crippen LogP contribution in [0.25, 0.3) is 5.57 Å². The maximum absolute atomic E-state index is 13.1. The molecular formula is C20H21ClN6OS. The van der Waals surface area contributed by atoms with Gasteiger partial charge < -0.3 is 0 Å². The second-order valence-corrected chi connectivity index (χ2v) is 8.67. The van der Waals surface area contributed by atoms with E-state index >= 15 is 0 Å². The van der Waals surface area contributed by atoms with Crippen molar-refractivity contribution in [2.75, 3.05) is 5.32 Å². The molecule has 1 aromatic heterocycles. The van der Waals surface area contributed by atoms with Gasteiger partial charge in [-0.05, 0) is 47.8 Å². The number of carbonyl (C=O) groups is 1. The predicted octanol–water partition coefficient (Wildman–Crippen LogP) is 6.40. The Balaban J connectivity index is 1.67. The van der Waals surface area contributed by atoms with E-state index < -0.39 is 5.66 Å². The molecule has 1 saturated carbocycles. The average molecular weight is 429 g/mol. The number of thiazole rings is 1. The first-order valence-corrected chi connectivity index (χ1v) is 10.9. The van der Waals surface area contributed by atoms with Gasteiger partial charge in [0, 0.05) is 27.7 Å². The maximum atomic E-state index is 13.1. The topological polar surface area (TPSA) is 91.4 Å². The van der Waals surface area contributed by atoms with E-state index in [4.69, 9.17) is 11.6 Å². The van der Waals surface area contributed by atoms with Crippen molar-refractivity contribution in [1.29, 1.82) is 0 Å². The van der Waals surface area contributed by atoms with E-state index in [9.17, 15) is 4.79 Å². The summed E-state index contributed by atoms with van der Waals surface area (Å²) in [5.74, 6) is 0.204. The number of allylic oxidation sites excluding steroid dienone is 1. The number of anilines is 1. The van der Waals surface area contributed by atoms with Crippen LogP contribution >= 0.6 is 22.9 Å². The van der Waals surface area contributed by atoms with E-state index in [1.807, 2.05) is 17.5 Å². The van der Waals surface area contributed by atoms with Crippen LogP contribution in [0.15, 0.2) is 56.5 Å². The monoisotopic (exact) mass is 428 g/mol. The normalized spacial score (nSPS) is 18.9. The van der Waals surface area contributed by atoms with Crippen molar-refractivity contribution in [2.45, 2.75) is 44.7 Å². The molecule has 2 aliphatic rings. The highest BCUT2D eigenvalue weighted by molar-refractivity contribution is 7.13. The van der Waals surface area contributed by atoms with Crippen LogP contribution in [-0.2, 0) is 10.5 Å². The number of nitrogens with zero attached hydrogens (tertiary/aromatic N) is 5. The summed E-state index contributed by atoms with van der Waals surface area (Å²) in [5.41, 5.74) is 1.14. The van der Waals surface area contributed by atoms with Crippen LogP contribution in [0.2, 0.25) is 5.02 Å². The van der Waals surface area contributed by atoms with E-state index in [1.54, 1.807) is 19.2 Å². The van der Waals surface area contributed by atoms with Crippen molar-refractivity contribution in [3.05, 3.63) is 52.0 Å². The molecule has 0 spiro atoms. The summed E-state index contributed by atoms with van der Waals surface area (Å²) in [6.45, 7) is 1.79. The SMILES string of the molecule is CC1(c2ccc(/C(=C\C3CCCCC3)C(=O)Nc3nccs3)cc2Cl)N=NN=N1. The number of nitrogens with one attached hydrogen (secondary N) is 1. The van der Waals surface area contributed by atoms with Crippen LogP contribution < -0.4 is 5.32 Å². The second-order valence-electron chi connectivity index (χ2n) is 7.36. The Morgan fingerprint density at radius 2 is 2.00 bits per heavy atom. The van der Waals surface area contributed by atoms with Crippen molar-refractivity contribution in [2.24, 2.45) is 26.6 Å². The van der Waals surface area contributed by atoms with Gasteiger partial charge in [0.2, 0.25) is 5.66 Å². The van der Waals surface area contributed by atoms with Crippen molar-refractivity contribution >= 4 is 39.5 Å². The Labute approximate surface area is 178 Å². The third-order valence-corrected chi connectivity index (χ3v) is 6.26. The fourth-order valence-electron chi connectivity index (χ4n) is 3.70. The van der Waals surface area contributed by atoms with Crippen molar-refractivity contribution in [3.8, 4) is 0 Å². The number of benzene rings is 1. The highest BCUT2D eigenvalue weighted by Gasteiger charge is 2.32. The lowest BCUT2D eigenvalue weighted by Gasteiger charge is -2.21. The number of hydrogen-bond donors (Lipinski definition) is 1. The summed E-state index contributed by atoms with van der Waals surface area (Å²) in [7, 11) is 0. The lowest BCUT2D eigenvalue weighted by molar-refractivity contribution is -0.111. The standard InChI is InChI=1S/C20H21ClN6OS/c1-20(24-26-27-25-20)16-8-7-14(12-17(16)21)15(11-13-5-3-2-4-6-13)18(28)23-19-22-9-10-29-19/h7-13H,2-6H2,1H3,(H,22,23,28)/b15-11+. The molecule has 150 valence electrons. The van der Waals surface area contributed by atoms with Crippen LogP contribution in [-0.4, -0.2) is 10.9 Å². The van der Waals surface area contributed by atoms with Crippen LogP contribution in [0.1, 0.15) is 50.2 Å². The Kier molecular flexibility index (Phi) is 5.82. The minimum absolute atomic E-state index is 0.180. The summed E-state index contributed by atoms with van der Waals surface area (Å²) < 4.78 is 0. The third-order valence-electron chi connectivity index (χ3n) is 5.26. The molecule has 0 saturated heterocycles. The first-order chi connectivity index (χ1) is 14.0. The fourth-order valence-corrected chi connectivity index (χ4v) is 4.58. The summed E-state index contributed by atoms with van der Waals surface area (Å²) in [6.07, 6.45) is 9.59. The van der Waals surface area contributed by atoms with Gasteiger partial charge in [0.05, 0.1) is 0 Å². The molecule has 4 rings (SSSR count). The first-order valence-electron chi connectivity index (χ1n) is 9.62. The van der Waals surface area contributed by atoms with E-state index in [1.165, 1.54) is 30.6 Å². The fraction of sp³-hybridized carbons (Fsp3) is 0.400. The van der Waals surface area contributed by atoms with E-state index in [2.05, 4.69) is 37.1 Å². The lowest BCUT2D eigenvalue weighted by Crippen LogP contribution is -2.17. The molecule has 0 unspecified atom stereocenters. The molecule has 2 aromatic rings. The van der Waals surface area contributed by atoms with Gasteiger partial charge in [0.15, 0.2) is 5.13 Å².